The van der Waals surface area contributed by atoms with Crippen LogP contribution in [0.4, 0.5) is 5.69 Å². The molecule has 21 heavy (non-hydrogen) atoms. The molecule has 3 N–H and O–H groups in total. The van der Waals surface area contributed by atoms with Gasteiger partial charge in [0.15, 0.2) is 4.67 Å². The molecule has 0 bridgehead atoms. The van der Waals surface area contributed by atoms with E-state index in [2.05, 4.69) is 68.4 Å². The molecule has 0 radical (unpaired) electrons. The normalized spacial score (nSPS) is 11.7. The number of nitrogens with one attached hydrogen (secondary N) is 1. The third-order valence-electron chi connectivity index (χ3n) is 2.44. The summed E-state index contributed by atoms with van der Waals surface area (Å²) >= 11 is 13.0. The number of rotatable bonds is 4. The average molecular weight is 568 g/mol. The van der Waals surface area contributed by atoms with Crippen LogP contribution in [0.5, 0.6) is 0 Å². The molecule has 0 aliphatic heterocycles. The Hall–Kier alpha value is 0.130. The third kappa shape index (κ3) is 3.91. The van der Waals surface area contributed by atoms with E-state index >= 15 is 0 Å². The van der Waals surface area contributed by atoms with Crippen LogP contribution in [-0.2, 0) is 16.6 Å². The van der Waals surface area contributed by atoms with Gasteiger partial charge in [-0.3, -0.25) is 4.72 Å². The van der Waals surface area contributed by atoms with Crippen molar-refractivity contribution < 1.29 is 12.8 Å². The maximum absolute atomic E-state index is 12.4. The first-order valence-corrected chi connectivity index (χ1v) is 10.1. The van der Waals surface area contributed by atoms with Gasteiger partial charge in [0.2, 0.25) is 0 Å². The Morgan fingerprint density at radius 2 is 1.67 bits per heavy atom. The summed E-state index contributed by atoms with van der Waals surface area (Å²) in [6.07, 6.45) is 0. The Balaban J connectivity index is 2.44. The summed E-state index contributed by atoms with van der Waals surface area (Å²) in [5.41, 5.74) is 5.83. The number of anilines is 1. The van der Waals surface area contributed by atoms with E-state index in [1.807, 2.05) is 0 Å². The maximum Gasteiger partial charge on any atom is 0.266 e. The minimum atomic E-state index is -3.81. The number of hydrogen-bond donors (Lipinski definition) is 2. The number of hydrogen-bond acceptors (Lipinski definition) is 4. The highest BCUT2D eigenvalue weighted by Gasteiger charge is 2.24. The Morgan fingerprint density at radius 3 is 2.14 bits per heavy atom. The van der Waals surface area contributed by atoms with Gasteiger partial charge in [-0.1, -0.05) is 15.9 Å². The molecule has 0 atom stereocenters. The molecule has 5 nitrogen and oxygen atoms in total. The zero-order valence-corrected chi connectivity index (χ0v) is 17.3. The second-order valence-electron chi connectivity index (χ2n) is 3.90. The van der Waals surface area contributed by atoms with Crippen LogP contribution in [-0.4, -0.2) is 8.42 Å². The number of nitrogens with two attached hydrogens (primary N) is 1. The molecule has 0 amide bonds. The SMILES string of the molecule is NCc1cc(S(=O)(=O)Nc2c(Br)cc(Br)cc2Br)c(Br)o1. The minimum Gasteiger partial charge on any atom is -0.452 e. The smallest absolute Gasteiger partial charge is 0.266 e. The molecular weight excluding hydrogens is 560 g/mol. The van der Waals surface area contributed by atoms with E-state index in [0.29, 0.717) is 20.4 Å². The van der Waals surface area contributed by atoms with Crippen molar-refractivity contribution in [3.05, 3.63) is 42.0 Å². The average Bonchev–Trinajstić information content (AvgIpc) is 2.76. The van der Waals surface area contributed by atoms with Gasteiger partial charge in [0, 0.05) is 19.5 Å². The first-order valence-electron chi connectivity index (χ1n) is 5.40. The topological polar surface area (TPSA) is 85.3 Å². The molecule has 114 valence electrons. The van der Waals surface area contributed by atoms with Crippen LogP contribution in [0.2, 0.25) is 0 Å². The first-order chi connectivity index (χ1) is 9.74. The summed E-state index contributed by atoms with van der Waals surface area (Å²) < 4.78 is 34.7. The summed E-state index contributed by atoms with van der Waals surface area (Å²) in [5, 5.41) is 0. The van der Waals surface area contributed by atoms with Gasteiger partial charge in [-0.2, -0.15) is 0 Å². The molecule has 0 spiro atoms. The number of benzene rings is 1. The van der Waals surface area contributed by atoms with Gasteiger partial charge in [0.05, 0.1) is 12.2 Å². The van der Waals surface area contributed by atoms with Gasteiger partial charge >= 0.3 is 0 Å². The molecule has 10 heteroatoms. The number of furan rings is 1. The molecule has 0 aliphatic carbocycles. The Bertz CT molecular complexity index is 766. The summed E-state index contributed by atoms with van der Waals surface area (Å²) in [5.74, 6) is 0.371. The van der Waals surface area contributed by atoms with Gasteiger partial charge in [0.25, 0.3) is 10.0 Å². The molecule has 1 heterocycles. The molecular formula is C11H8Br4N2O3S. The quantitative estimate of drug-likeness (QED) is 0.566. The van der Waals surface area contributed by atoms with Crippen LogP contribution < -0.4 is 10.5 Å². The van der Waals surface area contributed by atoms with E-state index in [0.717, 1.165) is 4.47 Å². The third-order valence-corrected chi connectivity index (χ3v) is 6.36. The molecule has 0 aliphatic rings. The standard InChI is InChI=1S/C11H8Br4N2O3S/c12-5-1-7(13)10(8(14)2-5)17-21(18,19)9-3-6(4-16)20-11(9)15/h1-3,17H,4,16H2. The Labute approximate surface area is 155 Å². The highest BCUT2D eigenvalue weighted by molar-refractivity contribution is 9.11. The van der Waals surface area contributed by atoms with Gasteiger partial charge < -0.3 is 10.2 Å². The maximum atomic E-state index is 12.4. The molecule has 2 rings (SSSR count). The van der Waals surface area contributed by atoms with Crippen molar-refractivity contribution in [1.29, 1.82) is 0 Å². The van der Waals surface area contributed by atoms with Crippen LogP contribution >= 0.6 is 63.7 Å². The lowest BCUT2D eigenvalue weighted by Gasteiger charge is -2.11. The predicted molar refractivity (Wildman–Crippen MR) is 94.6 cm³/mol. The zero-order valence-electron chi connectivity index (χ0n) is 10.2. The lowest BCUT2D eigenvalue weighted by atomic mass is 10.3. The van der Waals surface area contributed by atoms with Crippen molar-refractivity contribution in [2.24, 2.45) is 5.73 Å². The van der Waals surface area contributed by atoms with E-state index < -0.39 is 10.0 Å². The van der Waals surface area contributed by atoms with E-state index in [-0.39, 0.29) is 16.1 Å². The summed E-state index contributed by atoms with van der Waals surface area (Å²) in [4.78, 5) is -0.00957. The van der Waals surface area contributed by atoms with Gasteiger partial charge in [-0.15, -0.1) is 0 Å². The molecule has 0 saturated carbocycles. The predicted octanol–water partition coefficient (Wildman–Crippen LogP) is 4.59. The Morgan fingerprint density at radius 1 is 1.10 bits per heavy atom. The van der Waals surface area contributed by atoms with Gasteiger partial charge in [-0.25, -0.2) is 8.42 Å². The van der Waals surface area contributed by atoms with Crippen molar-refractivity contribution in [3.63, 3.8) is 0 Å². The van der Waals surface area contributed by atoms with Crippen LogP contribution in [0.15, 0.2) is 45.6 Å². The van der Waals surface area contributed by atoms with Crippen LogP contribution in [0.1, 0.15) is 5.76 Å². The molecule has 0 saturated heterocycles. The van der Waals surface area contributed by atoms with Crippen molar-refractivity contribution in [3.8, 4) is 0 Å². The van der Waals surface area contributed by atoms with Gasteiger partial charge in [0.1, 0.15) is 10.7 Å². The summed E-state index contributed by atoms with van der Waals surface area (Å²) in [7, 11) is -3.81. The number of sulfonamides is 1. The monoisotopic (exact) mass is 564 g/mol. The highest BCUT2D eigenvalue weighted by Crippen LogP contribution is 2.36. The van der Waals surface area contributed by atoms with Gasteiger partial charge in [-0.05, 0) is 59.9 Å². The highest BCUT2D eigenvalue weighted by atomic mass is 79.9. The minimum absolute atomic E-state index is 0.00957. The summed E-state index contributed by atoms with van der Waals surface area (Å²) in [6.45, 7) is 0.111. The van der Waals surface area contributed by atoms with Crippen molar-refractivity contribution in [2.45, 2.75) is 11.4 Å². The molecule has 2 aromatic rings. The lowest BCUT2D eigenvalue weighted by Crippen LogP contribution is -2.13. The molecule has 0 fully saturated rings. The fraction of sp³-hybridized carbons (Fsp3) is 0.0909. The van der Waals surface area contributed by atoms with E-state index in [4.69, 9.17) is 10.2 Å². The van der Waals surface area contributed by atoms with Crippen LogP contribution in [0.25, 0.3) is 0 Å². The molecule has 0 unspecified atom stereocenters. The largest absolute Gasteiger partial charge is 0.452 e. The van der Waals surface area contributed by atoms with Crippen LogP contribution in [0.3, 0.4) is 0 Å². The van der Waals surface area contributed by atoms with E-state index in [1.165, 1.54) is 6.07 Å². The summed E-state index contributed by atoms with van der Waals surface area (Å²) in [6, 6.07) is 4.85. The second kappa shape index (κ2) is 6.71. The zero-order chi connectivity index (χ0) is 15.8. The van der Waals surface area contributed by atoms with Crippen molar-refractivity contribution in [1.82, 2.24) is 0 Å². The lowest BCUT2D eigenvalue weighted by molar-refractivity contribution is 0.484. The number of halogens is 4. The molecule has 1 aromatic heterocycles. The fourth-order valence-corrected chi connectivity index (χ4v) is 6.33. The van der Waals surface area contributed by atoms with E-state index in [1.54, 1.807) is 12.1 Å². The first kappa shape index (κ1) is 17.5. The van der Waals surface area contributed by atoms with E-state index in [9.17, 15) is 8.42 Å². The second-order valence-corrected chi connectivity index (χ2v) is 8.90. The molecule has 1 aromatic carbocycles. The van der Waals surface area contributed by atoms with Crippen molar-refractivity contribution >= 4 is 79.4 Å². The van der Waals surface area contributed by atoms with Crippen LogP contribution in [0, 0.1) is 0 Å². The fourth-order valence-electron chi connectivity index (χ4n) is 1.51. The Kier molecular flexibility index (Phi) is 5.59. The van der Waals surface area contributed by atoms with Crippen molar-refractivity contribution in [2.75, 3.05) is 4.72 Å².